The van der Waals surface area contributed by atoms with Crippen molar-refractivity contribution in [1.29, 1.82) is 0 Å². The molecule has 9 heteroatoms. The summed E-state index contributed by atoms with van der Waals surface area (Å²) in [5.41, 5.74) is 0.573. The highest BCUT2D eigenvalue weighted by molar-refractivity contribution is 7.99. The lowest BCUT2D eigenvalue weighted by molar-refractivity contribution is -0.384. The summed E-state index contributed by atoms with van der Waals surface area (Å²) in [6.07, 6.45) is 0. The van der Waals surface area contributed by atoms with Crippen LogP contribution in [0.15, 0.2) is 28.8 Å². The third-order valence-electron chi connectivity index (χ3n) is 2.26. The fourth-order valence-electron chi connectivity index (χ4n) is 1.39. The van der Waals surface area contributed by atoms with Crippen molar-refractivity contribution in [2.45, 2.75) is 5.75 Å². The minimum absolute atomic E-state index is 0.0190. The van der Waals surface area contributed by atoms with Gasteiger partial charge < -0.3 is 9.63 Å². The molecule has 2 aromatic rings. The van der Waals surface area contributed by atoms with E-state index >= 15 is 0 Å². The summed E-state index contributed by atoms with van der Waals surface area (Å²) < 4.78 is 4.97. The molecule has 2 rings (SSSR count). The smallest absolute Gasteiger partial charge is 0.313 e. The fraction of sp³-hybridized carbons (Fsp3) is 0.182. The van der Waals surface area contributed by atoms with Gasteiger partial charge in [0.1, 0.15) is 0 Å². The molecule has 0 unspecified atom stereocenters. The third kappa shape index (κ3) is 3.54. The van der Waals surface area contributed by atoms with Crippen LogP contribution in [0.4, 0.5) is 5.69 Å². The number of rotatable bonds is 6. The molecule has 0 spiro atoms. The van der Waals surface area contributed by atoms with Crippen molar-refractivity contribution in [2.75, 3.05) is 5.75 Å². The maximum absolute atomic E-state index is 10.5. The largest absolute Gasteiger partial charge is 0.481 e. The summed E-state index contributed by atoms with van der Waals surface area (Å²) in [4.78, 5) is 24.5. The first-order valence-electron chi connectivity index (χ1n) is 5.43. The van der Waals surface area contributed by atoms with Gasteiger partial charge in [-0.25, -0.2) is 0 Å². The molecule has 1 N–H and O–H groups in total. The number of thioether (sulfide) groups is 1. The van der Waals surface area contributed by atoms with Gasteiger partial charge in [0.25, 0.3) is 5.69 Å². The zero-order valence-electron chi connectivity index (χ0n) is 10.1. The number of aliphatic carboxylic acids is 1. The SMILES string of the molecule is O=C(O)CSCc1nc(-c2ccc([N+](=O)[O-])cc2)no1. The number of carboxylic acid groups (broad SMARTS) is 1. The molecule has 0 aliphatic carbocycles. The van der Waals surface area contributed by atoms with Crippen LogP contribution in [0.1, 0.15) is 5.89 Å². The molecular formula is C11H9N3O5S. The normalized spacial score (nSPS) is 10.4. The van der Waals surface area contributed by atoms with Crippen LogP contribution in [0.25, 0.3) is 11.4 Å². The molecule has 104 valence electrons. The lowest BCUT2D eigenvalue weighted by Gasteiger charge is -1.94. The number of hydrogen-bond acceptors (Lipinski definition) is 7. The molecule has 0 bridgehead atoms. The minimum atomic E-state index is -0.912. The van der Waals surface area contributed by atoms with Crippen LogP contribution in [-0.4, -0.2) is 31.9 Å². The quantitative estimate of drug-likeness (QED) is 0.634. The number of nitro groups is 1. The van der Waals surface area contributed by atoms with Crippen molar-refractivity contribution >= 4 is 23.4 Å². The number of carboxylic acids is 1. The molecule has 8 nitrogen and oxygen atoms in total. The van der Waals surface area contributed by atoms with Crippen LogP contribution in [0.5, 0.6) is 0 Å². The number of nitrogens with zero attached hydrogens (tertiary/aromatic N) is 3. The second kappa shape index (κ2) is 6.15. The summed E-state index contributed by atoms with van der Waals surface area (Å²) in [5.74, 6) is -0.0397. The van der Waals surface area contributed by atoms with Crippen LogP contribution in [0.3, 0.4) is 0 Å². The number of carbonyl (C=O) groups is 1. The predicted octanol–water partition coefficient (Wildman–Crippen LogP) is 1.96. The summed E-state index contributed by atoms with van der Waals surface area (Å²) in [5, 5.41) is 22.8. The van der Waals surface area contributed by atoms with Gasteiger partial charge in [0.2, 0.25) is 11.7 Å². The van der Waals surface area contributed by atoms with E-state index in [1.807, 2.05) is 0 Å². The van der Waals surface area contributed by atoms with E-state index in [2.05, 4.69) is 10.1 Å². The summed E-state index contributed by atoms with van der Waals surface area (Å²) in [7, 11) is 0. The van der Waals surface area contributed by atoms with E-state index in [4.69, 9.17) is 9.63 Å². The average Bonchev–Trinajstić information content (AvgIpc) is 2.87. The monoisotopic (exact) mass is 295 g/mol. The second-order valence-electron chi connectivity index (χ2n) is 3.70. The van der Waals surface area contributed by atoms with Gasteiger partial charge in [-0.2, -0.15) is 4.98 Å². The van der Waals surface area contributed by atoms with Crippen LogP contribution in [-0.2, 0) is 10.5 Å². The Kier molecular flexibility index (Phi) is 4.31. The predicted molar refractivity (Wildman–Crippen MR) is 70.2 cm³/mol. The van der Waals surface area contributed by atoms with E-state index in [0.29, 0.717) is 23.0 Å². The Morgan fingerprint density at radius 3 is 2.70 bits per heavy atom. The highest BCUT2D eigenvalue weighted by Gasteiger charge is 2.11. The first-order valence-corrected chi connectivity index (χ1v) is 6.58. The van der Waals surface area contributed by atoms with Crippen LogP contribution < -0.4 is 0 Å². The second-order valence-corrected chi connectivity index (χ2v) is 4.69. The van der Waals surface area contributed by atoms with Crippen molar-refractivity contribution in [2.24, 2.45) is 0 Å². The van der Waals surface area contributed by atoms with E-state index in [1.54, 1.807) is 0 Å². The Balaban J connectivity index is 2.04. The van der Waals surface area contributed by atoms with Gasteiger partial charge in [-0.3, -0.25) is 14.9 Å². The van der Waals surface area contributed by atoms with E-state index < -0.39 is 10.9 Å². The van der Waals surface area contributed by atoms with Gasteiger partial charge in [0, 0.05) is 17.7 Å². The molecule has 0 aliphatic rings. The van der Waals surface area contributed by atoms with Crippen molar-refractivity contribution in [3.05, 3.63) is 40.3 Å². The van der Waals surface area contributed by atoms with Gasteiger partial charge in [-0.05, 0) is 12.1 Å². The molecule has 1 aromatic carbocycles. The molecule has 20 heavy (non-hydrogen) atoms. The lowest BCUT2D eigenvalue weighted by atomic mass is 10.2. The van der Waals surface area contributed by atoms with Crippen molar-refractivity contribution < 1.29 is 19.3 Å². The molecule has 0 fully saturated rings. The highest BCUT2D eigenvalue weighted by atomic mass is 32.2. The number of aromatic nitrogens is 2. The van der Waals surface area contributed by atoms with Crippen molar-refractivity contribution in [3.63, 3.8) is 0 Å². The molecule has 1 aromatic heterocycles. The Labute approximate surface area is 117 Å². The third-order valence-corrected chi connectivity index (χ3v) is 3.16. The number of nitro benzene ring substituents is 1. The van der Waals surface area contributed by atoms with E-state index in [0.717, 1.165) is 11.8 Å². The van der Waals surface area contributed by atoms with Gasteiger partial charge >= 0.3 is 5.97 Å². The minimum Gasteiger partial charge on any atom is -0.481 e. The molecule has 0 saturated heterocycles. The molecule has 1 heterocycles. The molecule has 0 atom stereocenters. The van der Waals surface area contributed by atoms with Crippen molar-refractivity contribution in [3.8, 4) is 11.4 Å². The fourth-order valence-corrected chi connectivity index (χ4v) is 1.96. The van der Waals surface area contributed by atoms with Gasteiger partial charge in [-0.1, -0.05) is 5.16 Å². The lowest BCUT2D eigenvalue weighted by Crippen LogP contribution is -1.98. The van der Waals surface area contributed by atoms with E-state index in [9.17, 15) is 14.9 Å². The molecular weight excluding hydrogens is 286 g/mol. The van der Waals surface area contributed by atoms with Crippen molar-refractivity contribution in [1.82, 2.24) is 10.1 Å². The van der Waals surface area contributed by atoms with Crippen LogP contribution >= 0.6 is 11.8 Å². The summed E-state index contributed by atoms with van der Waals surface area (Å²) in [6.45, 7) is 0. The average molecular weight is 295 g/mol. The topological polar surface area (TPSA) is 119 Å². The maximum Gasteiger partial charge on any atom is 0.313 e. The Hall–Kier alpha value is -2.42. The maximum atomic E-state index is 10.5. The highest BCUT2D eigenvalue weighted by Crippen LogP contribution is 2.21. The first-order chi connectivity index (χ1) is 9.56. The van der Waals surface area contributed by atoms with Gasteiger partial charge in [0.15, 0.2) is 0 Å². The number of non-ortho nitro benzene ring substituents is 1. The Morgan fingerprint density at radius 2 is 2.10 bits per heavy atom. The zero-order valence-corrected chi connectivity index (χ0v) is 10.9. The van der Waals surface area contributed by atoms with Crippen LogP contribution in [0.2, 0.25) is 0 Å². The van der Waals surface area contributed by atoms with Gasteiger partial charge in [0.05, 0.1) is 16.4 Å². The number of hydrogen-bond donors (Lipinski definition) is 1. The Bertz CT molecular complexity index is 625. The molecule has 0 radical (unpaired) electrons. The Morgan fingerprint density at radius 1 is 1.40 bits per heavy atom. The molecule has 0 amide bonds. The summed E-state index contributed by atoms with van der Waals surface area (Å²) in [6, 6.07) is 5.75. The van der Waals surface area contributed by atoms with E-state index in [1.165, 1.54) is 24.3 Å². The van der Waals surface area contributed by atoms with Gasteiger partial charge in [-0.15, -0.1) is 11.8 Å². The molecule has 0 saturated carbocycles. The zero-order chi connectivity index (χ0) is 14.5. The van der Waals surface area contributed by atoms with Crippen LogP contribution in [0, 0.1) is 10.1 Å². The molecule has 0 aliphatic heterocycles. The number of benzene rings is 1. The van der Waals surface area contributed by atoms with E-state index in [-0.39, 0.29) is 11.4 Å². The summed E-state index contributed by atoms with van der Waals surface area (Å²) >= 11 is 1.14. The standard InChI is InChI=1S/C11H9N3O5S/c15-10(16)6-20-5-9-12-11(13-19-9)7-1-3-8(4-2-7)14(17)18/h1-4H,5-6H2,(H,15,16). The first kappa shape index (κ1) is 14.0.